The van der Waals surface area contributed by atoms with E-state index in [2.05, 4.69) is 5.10 Å². The van der Waals surface area contributed by atoms with Crippen LogP contribution in [0.5, 0.6) is 0 Å². The van der Waals surface area contributed by atoms with Crippen LogP contribution in [0.1, 0.15) is 43.4 Å². The summed E-state index contributed by atoms with van der Waals surface area (Å²) < 4.78 is 6.89. The summed E-state index contributed by atoms with van der Waals surface area (Å²) in [5.74, 6) is -1.18. The molecular formula is C13H18ClN3O4. The molecule has 0 fully saturated rings. The number of hydrogen-bond acceptors (Lipinski definition) is 4. The smallest absolute Gasteiger partial charge is 0.410 e. The third-order valence-electron chi connectivity index (χ3n) is 2.99. The van der Waals surface area contributed by atoms with Crippen molar-refractivity contribution in [3.63, 3.8) is 0 Å². The van der Waals surface area contributed by atoms with Gasteiger partial charge in [0.1, 0.15) is 5.60 Å². The van der Waals surface area contributed by atoms with E-state index in [1.54, 1.807) is 25.5 Å². The van der Waals surface area contributed by atoms with Crippen LogP contribution in [0.15, 0.2) is 0 Å². The van der Waals surface area contributed by atoms with Gasteiger partial charge in [-0.25, -0.2) is 9.59 Å². The van der Waals surface area contributed by atoms with Crippen molar-refractivity contribution >= 4 is 23.7 Å². The van der Waals surface area contributed by atoms with Gasteiger partial charge >= 0.3 is 12.1 Å². The monoisotopic (exact) mass is 315 g/mol. The standard InChI is InChI=1S/C13H18ClN3O4/c1-13(2,3)21-12(20)16-5-4-6-17-8(7-16)9(14)10(15-17)11(18)19/h4-7H2,1-3H3,(H,18,19). The van der Waals surface area contributed by atoms with Gasteiger partial charge in [-0.2, -0.15) is 5.10 Å². The molecule has 0 atom stereocenters. The first-order valence-corrected chi connectivity index (χ1v) is 7.03. The topological polar surface area (TPSA) is 84.7 Å². The first kappa shape index (κ1) is 15.6. The number of carbonyl (C=O) groups is 2. The van der Waals surface area contributed by atoms with Crippen molar-refractivity contribution in [2.45, 2.75) is 45.9 Å². The molecule has 0 aromatic carbocycles. The van der Waals surface area contributed by atoms with Gasteiger partial charge in [-0.15, -0.1) is 0 Å². The minimum absolute atomic E-state index is 0.0814. The number of aromatic carboxylic acids is 1. The van der Waals surface area contributed by atoms with E-state index >= 15 is 0 Å². The van der Waals surface area contributed by atoms with Gasteiger partial charge in [-0.3, -0.25) is 4.68 Å². The van der Waals surface area contributed by atoms with E-state index in [9.17, 15) is 9.59 Å². The first-order valence-electron chi connectivity index (χ1n) is 6.65. The van der Waals surface area contributed by atoms with Crippen LogP contribution in [0.25, 0.3) is 0 Å². The Bertz CT molecular complexity index is 577. The maximum Gasteiger partial charge on any atom is 0.410 e. The predicted molar refractivity (Wildman–Crippen MR) is 75.5 cm³/mol. The van der Waals surface area contributed by atoms with Crippen molar-refractivity contribution in [3.8, 4) is 0 Å². The molecule has 0 saturated carbocycles. The van der Waals surface area contributed by atoms with E-state index < -0.39 is 17.7 Å². The summed E-state index contributed by atoms with van der Waals surface area (Å²) in [5, 5.41) is 13.1. The van der Waals surface area contributed by atoms with Gasteiger partial charge in [0.2, 0.25) is 0 Å². The first-order chi connectivity index (χ1) is 9.69. The number of halogens is 1. The molecule has 0 spiro atoms. The third-order valence-corrected chi connectivity index (χ3v) is 3.38. The van der Waals surface area contributed by atoms with Crippen molar-refractivity contribution in [2.24, 2.45) is 0 Å². The highest BCUT2D eigenvalue weighted by molar-refractivity contribution is 6.33. The van der Waals surface area contributed by atoms with E-state index in [4.69, 9.17) is 21.4 Å². The molecule has 1 aromatic heterocycles. The number of aryl methyl sites for hydroxylation is 1. The predicted octanol–water partition coefficient (Wildman–Crippen LogP) is 2.38. The molecule has 0 aliphatic carbocycles. The molecule has 7 nitrogen and oxygen atoms in total. The van der Waals surface area contributed by atoms with Crippen molar-refractivity contribution in [1.82, 2.24) is 14.7 Å². The number of carboxylic acid groups (broad SMARTS) is 1. The molecule has 0 radical (unpaired) electrons. The van der Waals surface area contributed by atoms with E-state index in [0.29, 0.717) is 25.2 Å². The highest BCUT2D eigenvalue weighted by Gasteiger charge is 2.29. The quantitative estimate of drug-likeness (QED) is 0.860. The van der Waals surface area contributed by atoms with Gasteiger partial charge in [0.15, 0.2) is 5.69 Å². The maximum absolute atomic E-state index is 12.1. The lowest BCUT2D eigenvalue weighted by atomic mass is 10.2. The Morgan fingerprint density at radius 3 is 2.57 bits per heavy atom. The van der Waals surface area contributed by atoms with Crippen molar-refractivity contribution in [3.05, 3.63) is 16.4 Å². The summed E-state index contributed by atoms with van der Waals surface area (Å²) in [6, 6.07) is 0. The number of nitrogens with zero attached hydrogens (tertiary/aromatic N) is 3. The summed E-state index contributed by atoms with van der Waals surface area (Å²) in [5.41, 5.74) is -0.241. The van der Waals surface area contributed by atoms with Gasteiger partial charge < -0.3 is 14.7 Å². The second-order valence-electron chi connectivity index (χ2n) is 5.89. The van der Waals surface area contributed by atoms with E-state index in [1.807, 2.05) is 0 Å². The summed E-state index contributed by atoms with van der Waals surface area (Å²) >= 11 is 6.07. The minimum Gasteiger partial charge on any atom is -0.476 e. The fraction of sp³-hybridized carbons (Fsp3) is 0.615. The van der Waals surface area contributed by atoms with E-state index in [0.717, 1.165) is 0 Å². The summed E-state index contributed by atoms with van der Waals surface area (Å²) in [7, 11) is 0. The molecule has 1 aliphatic rings. The normalized spacial score (nSPS) is 15.3. The average molecular weight is 316 g/mol. The number of amides is 1. The van der Waals surface area contributed by atoms with Gasteiger partial charge in [0, 0.05) is 13.1 Å². The SMILES string of the molecule is CC(C)(C)OC(=O)N1CCCn2nc(C(=O)O)c(Cl)c2C1. The summed E-state index contributed by atoms with van der Waals surface area (Å²) in [6.45, 7) is 6.60. The fourth-order valence-electron chi connectivity index (χ4n) is 2.10. The lowest BCUT2D eigenvalue weighted by Crippen LogP contribution is -2.36. The van der Waals surface area contributed by atoms with Crippen LogP contribution in [0.4, 0.5) is 4.79 Å². The number of fused-ring (bicyclic) bond motifs is 1. The molecule has 2 rings (SSSR count). The Kier molecular flexibility index (Phi) is 4.13. The van der Waals surface area contributed by atoms with Crippen LogP contribution in [-0.4, -0.2) is 44.0 Å². The van der Waals surface area contributed by atoms with Crippen molar-refractivity contribution in [1.29, 1.82) is 0 Å². The zero-order valence-corrected chi connectivity index (χ0v) is 13.0. The number of hydrogen-bond donors (Lipinski definition) is 1. The molecule has 1 aliphatic heterocycles. The van der Waals surface area contributed by atoms with E-state index in [1.165, 1.54) is 4.90 Å². The molecule has 0 bridgehead atoms. The van der Waals surface area contributed by atoms with Crippen LogP contribution in [0.3, 0.4) is 0 Å². The van der Waals surface area contributed by atoms with Crippen LogP contribution in [-0.2, 0) is 17.8 Å². The van der Waals surface area contributed by atoms with Gasteiger partial charge in [-0.05, 0) is 27.2 Å². The highest BCUT2D eigenvalue weighted by Crippen LogP contribution is 2.25. The zero-order chi connectivity index (χ0) is 15.8. The second kappa shape index (κ2) is 5.55. The fourth-order valence-corrected chi connectivity index (χ4v) is 2.38. The molecule has 2 heterocycles. The van der Waals surface area contributed by atoms with Gasteiger partial charge in [0.25, 0.3) is 0 Å². The van der Waals surface area contributed by atoms with Crippen LogP contribution >= 0.6 is 11.6 Å². The Hall–Kier alpha value is -1.76. The van der Waals surface area contributed by atoms with Crippen LogP contribution in [0.2, 0.25) is 5.02 Å². The maximum atomic E-state index is 12.1. The Morgan fingerprint density at radius 2 is 2.00 bits per heavy atom. The molecule has 0 saturated heterocycles. The highest BCUT2D eigenvalue weighted by atomic mass is 35.5. The number of rotatable bonds is 1. The molecule has 0 unspecified atom stereocenters. The number of aromatic nitrogens is 2. The van der Waals surface area contributed by atoms with Gasteiger partial charge in [-0.1, -0.05) is 11.6 Å². The van der Waals surface area contributed by atoms with Crippen molar-refractivity contribution < 1.29 is 19.4 Å². The molecular weight excluding hydrogens is 298 g/mol. The molecule has 1 N–H and O–H groups in total. The molecule has 1 amide bonds. The lowest BCUT2D eigenvalue weighted by molar-refractivity contribution is 0.0236. The Labute approximate surface area is 127 Å². The lowest BCUT2D eigenvalue weighted by Gasteiger charge is -2.26. The Morgan fingerprint density at radius 1 is 1.33 bits per heavy atom. The Balaban J connectivity index is 2.24. The number of carboxylic acids is 1. The van der Waals surface area contributed by atoms with Crippen LogP contribution < -0.4 is 0 Å². The average Bonchev–Trinajstić information content (AvgIpc) is 2.55. The third kappa shape index (κ3) is 3.47. The zero-order valence-electron chi connectivity index (χ0n) is 12.2. The number of carbonyl (C=O) groups excluding carboxylic acids is 1. The number of ether oxygens (including phenoxy) is 1. The van der Waals surface area contributed by atoms with E-state index in [-0.39, 0.29) is 17.3 Å². The largest absolute Gasteiger partial charge is 0.476 e. The molecule has 116 valence electrons. The molecule has 8 heteroatoms. The molecule has 1 aromatic rings. The second-order valence-corrected chi connectivity index (χ2v) is 6.27. The minimum atomic E-state index is -1.18. The summed E-state index contributed by atoms with van der Waals surface area (Å²) in [6.07, 6.45) is 0.216. The van der Waals surface area contributed by atoms with Gasteiger partial charge in [0.05, 0.1) is 17.3 Å². The van der Waals surface area contributed by atoms with Crippen LogP contribution in [0, 0.1) is 0 Å². The molecule has 21 heavy (non-hydrogen) atoms. The summed E-state index contributed by atoms with van der Waals surface area (Å²) in [4.78, 5) is 24.7. The van der Waals surface area contributed by atoms with Crippen molar-refractivity contribution in [2.75, 3.05) is 6.54 Å².